The second-order valence-electron chi connectivity index (χ2n) is 2.86. The summed E-state index contributed by atoms with van der Waals surface area (Å²) in [5.41, 5.74) is 5.13. The smallest absolute Gasteiger partial charge is 0.127 e. The van der Waals surface area contributed by atoms with Gasteiger partial charge in [-0.3, -0.25) is 0 Å². The zero-order valence-electron chi connectivity index (χ0n) is 6.89. The second kappa shape index (κ2) is 4.63. The molecule has 3 heteroatoms. The van der Waals surface area contributed by atoms with Crippen molar-refractivity contribution < 1.29 is 4.39 Å². The zero-order valence-corrected chi connectivity index (χ0v) is 6.89. The van der Waals surface area contributed by atoms with Gasteiger partial charge in [0.2, 0.25) is 0 Å². The van der Waals surface area contributed by atoms with Crippen LogP contribution in [0.4, 0.5) is 4.39 Å². The summed E-state index contributed by atoms with van der Waals surface area (Å²) in [7, 11) is 0. The van der Waals surface area contributed by atoms with Crippen molar-refractivity contribution in [1.82, 2.24) is 5.32 Å². The maximum atomic E-state index is 12.7. The minimum Gasteiger partial charge on any atom is -0.328 e. The van der Waals surface area contributed by atoms with Crippen LogP contribution in [0.3, 0.4) is 0 Å². The van der Waals surface area contributed by atoms with Crippen LogP contribution in [0.2, 0.25) is 0 Å². The van der Waals surface area contributed by atoms with Gasteiger partial charge in [-0.2, -0.15) is 0 Å². The minimum absolute atomic E-state index is 0.0981. The van der Waals surface area contributed by atoms with E-state index < -0.39 is 6.17 Å². The van der Waals surface area contributed by atoms with E-state index >= 15 is 0 Å². The van der Waals surface area contributed by atoms with Crippen LogP contribution in [0.1, 0.15) is 20.8 Å². The molecular weight excluding hydrogens is 131 g/mol. The standard InChI is InChI=1S/C7H17FN2/c1-5(2)10-6(3)7(8)4-9/h5-7,10H,4,9H2,1-3H3. The van der Waals surface area contributed by atoms with E-state index in [1.807, 2.05) is 13.8 Å². The van der Waals surface area contributed by atoms with Gasteiger partial charge in [-0.25, -0.2) is 4.39 Å². The molecule has 0 aliphatic heterocycles. The number of alkyl halides is 1. The predicted octanol–water partition coefficient (Wildman–Crippen LogP) is 0.670. The molecule has 0 aliphatic carbocycles. The molecule has 0 bridgehead atoms. The molecule has 0 aromatic carbocycles. The third-order valence-corrected chi connectivity index (χ3v) is 1.36. The lowest BCUT2D eigenvalue weighted by molar-refractivity contribution is 0.257. The highest BCUT2D eigenvalue weighted by atomic mass is 19.1. The summed E-state index contributed by atoms with van der Waals surface area (Å²) in [5, 5.41) is 3.04. The average Bonchev–Trinajstić information content (AvgIpc) is 1.85. The Hall–Kier alpha value is -0.150. The number of hydrogen-bond acceptors (Lipinski definition) is 2. The van der Waals surface area contributed by atoms with Gasteiger partial charge >= 0.3 is 0 Å². The maximum absolute atomic E-state index is 12.7. The first-order valence-corrected chi connectivity index (χ1v) is 3.68. The van der Waals surface area contributed by atoms with Crippen LogP contribution in [0.15, 0.2) is 0 Å². The first kappa shape index (κ1) is 9.85. The van der Waals surface area contributed by atoms with Crippen molar-refractivity contribution in [2.45, 2.75) is 39.0 Å². The molecule has 0 saturated carbocycles. The van der Waals surface area contributed by atoms with Crippen molar-refractivity contribution in [2.24, 2.45) is 5.73 Å². The Morgan fingerprint density at radius 1 is 1.40 bits per heavy atom. The third kappa shape index (κ3) is 3.80. The Balaban J connectivity index is 3.50. The van der Waals surface area contributed by atoms with Gasteiger partial charge in [-0.05, 0) is 6.92 Å². The Kier molecular flexibility index (Phi) is 4.56. The van der Waals surface area contributed by atoms with Crippen LogP contribution >= 0.6 is 0 Å². The molecule has 0 radical (unpaired) electrons. The summed E-state index contributed by atoms with van der Waals surface area (Å²) in [6.45, 7) is 5.87. The first-order chi connectivity index (χ1) is 4.57. The van der Waals surface area contributed by atoms with Crippen LogP contribution in [-0.4, -0.2) is 24.8 Å². The van der Waals surface area contributed by atoms with Gasteiger partial charge in [0.25, 0.3) is 0 Å². The monoisotopic (exact) mass is 148 g/mol. The molecule has 0 aromatic rings. The SMILES string of the molecule is CC(C)NC(C)C(F)CN. The Morgan fingerprint density at radius 2 is 1.90 bits per heavy atom. The number of nitrogens with one attached hydrogen (secondary N) is 1. The van der Waals surface area contributed by atoms with Gasteiger partial charge in [0.1, 0.15) is 6.17 Å². The fraction of sp³-hybridized carbons (Fsp3) is 1.00. The molecule has 2 nitrogen and oxygen atoms in total. The normalized spacial score (nSPS) is 17.4. The molecule has 62 valence electrons. The van der Waals surface area contributed by atoms with E-state index in [1.54, 1.807) is 6.92 Å². The maximum Gasteiger partial charge on any atom is 0.127 e. The second-order valence-corrected chi connectivity index (χ2v) is 2.86. The Morgan fingerprint density at radius 3 is 2.20 bits per heavy atom. The molecule has 0 heterocycles. The molecule has 0 aromatic heterocycles. The largest absolute Gasteiger partial charge is 0.328 e. The van der Waals surface area contributed by atoms with Gasteiger partial charge in [-0.1, -0.05) is 13.8 Å². The highest BCUT2D eigenvalue weighted by molar-refractivity contribution is 4.73. The highest BCUT2D eigenvalue weighted by Gasteiger charge is 2.13. The molecule has 0 rings (SSSR count). The van der Waals surface area contributed by atoms with E-state index in [2.05, 4.69) is 5.32 Å². The summed E-state index contributed by atoms with van der Waals surface area (Å²) < 4.78 is 12.7. The van der Waals surface area contributed by atoms with Crippen molar-refractivity contribution in [1.29, 1.82) is 0 Å². The van der Waals surface area contributed by atoms with E-state index in [9.17, 15) is 4.39 Å². The van der Waals surface area contributed by atoms with E-state index in [4.69, 9.17) is 5.73 Å². The fourth-order valence-electron chi connectivity index (χ4n) is 0.834. The Bertz CT molecular complexity index is 85.7. The lowest BCUT2D eigenvalue weighted by Gasteiger charge is -2.19. The van der Waals surface area contributed by atoms with Crippen LogP contribution < -0.4 is 11.1 Å². The molecule has 10 heavy (non-hydrogen) atoms. The molecule has 0 aliphatic rings. The molecule has 2 unspecified atom stereocenters. The lowest BCUT2D eigenvalue weighted by Crippen LogP contribution is -2.42. The summed E-state index contributed by atoms with van der Waals surface area (Å²) >= 11 is 0. The fourth-order valence-corrected chi connectivity index (χ4v) is 0.834. The zero-order chi connectivity index (χ0) is 8.15. The first-order valence-electron chi connectivity index (χ1n) is 3.68. The third-order valence-electron chi connectivity index (χ3n) is 1.36. The molecule has 3 N–H and O–H groups in total. The van der Waals surface area contributed by atoms with E-state index in [0.717, 1.165) is 0 Å². The summed E-state index contributed by atoms with van der Waals surface area (Å²) in [6.07, 6.45) is -0.928. The van der Waals surface area contributed by atoms with E-state index in [-0.39, 0.29) is 12.6 Å². The topological polar surface area (TPSA) is 38.0 Å². The van der Waals surface area contributed by atoms with Gasteiger partial charge < -0.3 is 11.1 Å². The van der Waals surface area contributed by atoms with E-state index in [1.165, 1.54) is 0 Å². The van der Waals surface area contributed by atoms with Gasteiger partial charge in [0.15, 0.2) is 0 Å². The van der Waals surface area contributed by atoms with Crippen LogP contribution in [0.25, 0.3) is 0 Å². The molecule has 0 saturated heterocycles. The average molecular weight is 148 g/mol. The van der Waals surface area contributed by atoms with Crippen LogP contribution in [-0.2, 0) is 0 Å². The molecule has 2 atom stereocenters. The Labute approximate surface area is 62.0 Å². The number of hydrogen-bond donors (Lipinski definition) is 2. The van der Waals surface area contributed by atoms with Gasteiger partial charge in [-0.15, -0.1) is 0 Å². The summed E-state index contributed by atoms with van der Waals surface area (Å²) in [5.74, 6) is 0. The van der Waals surface area contributed by atoms with Crippen LogP contribution in [0.5, 0.6) is 0 Å². The number of rotatable bonds is 4. The van der Waals surface area contributed by atoms with Crippen molar-refractivity contribution in [3.63, 3.8) is 0 Å². The molecular formula is C7H17FN2. The van der Waals surface area contributed by atoms with Crippen molar-refractivity contribution in [3.05, 3.63) is 0 Å². The van der Waals surface area contributed by atoms with Crippen molar-refractivity contribution >= 4 is 0 Å². The van der Waals surface area contributed by atoms with Gasteiger partial charge in [0.05, 0.1) is 0 Å². The quantitative estimate of drug-likeness (QED) is 0.615. The number of nitrogens with two attached hydrogens (primary N) is 1. The highest BCUT2D eigenvalue weighted by Crippen LogP contribution is 1.96. The van der Waals surface area contributed by atoms with Crippen molar-refractivity contribution in [2.75, 3.05) is 6.54 Å². The van der Waals surface area contributed by atoms with Crippen LogP contribution in [0, 0.1) is 0 Å². The van der Waals surface area contributed by atoms with Crippen molar-refractivity contribution in [3.8, 4) is 0 Å². The summed E-state index contributed by atoms with van der Waals surface area (Å²) in [4.78, 5) is 0. The molecule has 0 fully saturated rings. The minimum atomic E-state index is -0.928. The summed E-state index contributed by atoms with van der Waals surface area (Å²) in [6, 6.07) is 0.185. The molecule has 0 spiro atoms. The molecule has 0 amide bonds. The number of halogens is 1. The van der Waals surface area contributed by atoms with Gasteiger partial charge in [0, 0.05) is 18.6 Å². The lowest BCUT2D eigenvalue weighted by atomic mass is 10.2. The van der Waals surface area contributed by atoms with E-state index in [0.29, 0.717) is 6.04 Å². The predicted molar refractivity (Wildman–Crippen MR) is 41.7 cm³/mol.